The molecule has 0 fully saturated rings. The first-order chi connectivity index (χ1) is 10.9. The van der Waals surface area contributed by atoms with Crippen molar-refractivity contribution in [2.45, 2.75) is 46.0 Å². The van der Waals surface area contributed by atoms with Gasteiger partial charge in [0.1, 0.15) is 0 Å². The predicted molar refractivity (Wildman–Crippen MR) is 83.5 cm³/mol. The number of pyridine rings is 1. The fraction of sp³-hybridized carbons (Fsp3) is 0.600. The number of guanidine groups is 1. The van der Waals surface area contributed by atoms with Crippen LogP contribution in [0.15, 0.2) is 23.3 Å². The summed E-state index contributed by atoms with van der Waals surface area (Å²) in [4.78, 5) is 8.22. The zero-order valence-corrected chi connectivity index (χ0v) is 13.6. The van der Waals surface area contributed by atoms with E-state index in [2.05, 4.69) is 20.6 Å². The van der Waals surface area contributed by atoms with Crippen molar-refractivity contribution >= 4 is 5.96 Å². The lowest BCUT2D eigenvalue weighted by molar-refractivity contribution is -0.154. The third-order valence-corrected chi connectivity index (χ3v) is 2.97. The summed E-state index contributed by atoms with van der Waals surface area (Å²) in [6.07, 6.45) is -2.08. The number of rotatable bonds is 7. The van der Waals surface area contributed by atoms with E-state index < -0.39 is 12.8 Å². The molecule has 1 aromatic rings. The van der Waals surface area contributed by atoms with Crippen molar-refractivity contribution in [1.82, 2.24) is 15.6 Å². The molecule has 5 nitrogen and oxygen atoms in total. The number of ether oxygens (including phenoxy) is 1. The summed E-state index contributed by atoms with van der Waals surface area (Å²) in [7, 11) is 0. The summed E-state index contributed by atoms with van der Waals surface area (Å²) in [5.74, 6) is 0.556. The van der Waals surface area contributed by atoms with E-state index >= 15 is 0 Å². The number of hydrogen-bond acceptors (Lipinski definition) is 3. The third kappa shape index (κ3) is 7.71. The number of aromatic nitrogens is 1. The van der Waals surface area contributed by atoms with Crippen molar-refractivity contribution in [1.29, 1.82) is 0 Å². The summed E-state index contributed by atoms with van der Waals surface area (Å²) >= 11 is 0. The molecule has 0 bridgehead atoms. The molecule has 1 heterocycles. The van der Waals surface area contributed by atoms with Gasteiger partial charge in [0.15, 0.2) is 12.6 Å². The average Bonchev–Trinajstić information content (AvgIpc) is 2.50. The van der Waals surface area contributed by atoms with E-state index in [0.717, 1.165) is 6.42 Å². The van der Waals surface area contributed by atoms with Gasteiger partial charge in [-0.1, -0.05) is 13.0 Å². The third-order valence-electron chi connectivity index (χ3n) is 2.97. The quantitative estimate of drug-likeness (QED) is 0.595. The molecule has 0 aliphatic carbocycles. The minimum absolute atomic E-state index is 0.0482. The lowest BCUT2D eigenvalue weighted by atomic mass is 10.2. The maximum absolute atomic E-state index is 12.3. The SMILES string of the molecule is CCNC(=NCc1cccnc1OCC(F)(F)F)NC(C)CC. The molecule has 0 radical (unpaired) electrons. The standard InChI is InChI=1S/C15H23F3N4O/c1-4-11(3)22-14(19-5-2)21-9-12-7-6-8-20-13(12)23-10-15(16,17)18/h6-8,11H,4-5,9-10H2,1-3H3,(H2,19,21,22). The molecule has 23 heavy (non-hydrogen) atoms. The molecule has 0 saturated heterocycles. The van der Waals surface area contributed by atoms with Crippen LogP contribution in [0.1, 0.15) is 32.8 Å². The molecule has 130 valence electrons. The summed E-state index contributed by atoms with van der Waals surface area (Å²) in [5.41, 5.74) is 0.498. The van der Waals surface area contributed by atoms with Gasteiger partial charge in [0.2, 0.25) is 5.88 Å². The minimum atomic E-state index is -4.40. The zero-order valence-electron chi connectivity index (χ0n) is 13.6. The second kappa shape index (κ2) is 9.22. The van der Waals surface area contributed by atoms with Crippen LogP contribution in [0.4, 0.5) is 13.2 Å². The Bertz CT molecular complexity index is 506. The van der Waals surface area contributed by atoms with Crippen LogP contribution in [0.2, 0.25) is 0 Å². The number of nitrogens with one attached hydrogen (secondary N) is 2. The van der Waals surface area contributed by atoms with Crippen molar-refractivity contribution in [3.8, 4) is 5.88 Å². The van der Waals surface area contributed by atoms with Gasteiger partial charge in [0.25, 0.3) is 0 Å². The molecular formula is C15H23F3N4O. The number of aliphatic imine (C=N–C) groups is 1. The smallest absolute Gasteiger partial charge is 0.422 e. The van der Waals surface area contributed by atoms with Gasteiger partial charge < -0.3 is 15.4 Å². The number of nitrogens with zero attached hydrogens (tertiary/aromatic N) is 2. The summed E-state index contributed by atoms with van der Waals surface area (Å²) in [5, 5.41) is 6.30. The van der Waals surface area contributed by atoms with E-state index in [1.54, 1.807) is 12.1 Å². The van der Waals surface area contributed by atoms with Crippen molar-refractivity contribution < 1.29 is 17.9 Å². The molecule has 1 aromatic heterocycles. The van der Waals surface area contributed by atoms with E-state index in [-0.39, 0.29) is 18.5 Å². The fourth-order valence-corrected chi connectivity index (χ4v) is 1.64. The molecule has 0 spiro atoms. The normalized spacial score (nSPS) is 13.6. The van der Waals surface area contributed by atoms with Crippen LogP contribution in [-0.4, -0.2) is 36.3 Å². The Morgan fingerprint density at radius 2 is 2.13 bits per heavy atom. The molecule has 0 aliphatic rings. The highest BCUT2D eigenvalue weighted by atomic mass is 19.4. The largest absolute Gasteiger partial charge is 0.468 e. The predicted octanol–water partition coefficient (Wildman–Crippen LogP) is 2.88. The van der Waals surface area contributed by atoms with Crippen LogP contribution in [0.3, 0.4) is 0 Å². The number of hydrogen-bond donors (Lipinski definition) is 2. The van der Waals surface area contributed by atoms with Gasteiger partial charge >= 0.3 is 6.18 Å². The number of halogens is 3. The van der Waals surface area contributed by atoms with Crippen LogP contribution in [-0.2, 0) is 6.54 Å². The molecule has 1 rings (SSSR count). The fourth-order valence-electron chi connectivity index (χ4n) is 1.64. The first kappa shape index (κ1) is 19.1. The highest BCUT2D eigenvalue weighted by Crippen LogP contribution is 2.20. The van der Waals surface area contributed by atoms with E-state index in [1.807, 2.05) is 20.8 Å². The van der Waals surface area contributed by atoms with E-state index in [0.29, 0.717) is 18.1 Å². The average molecular weight is 332 g/mol. The summed E-state index contributed by atoms with van der Waals surface area (Å²) in [6, 6.07) is 3.53. The highest BCUT2D eigenvalue weighted by Gasteiger charge is 2.29. The Morgan fingerprint density at radius 1 is 1.39 bits per heavy atom. The summed E-state index contributed by atoms with van der Waals surface area (Å²) < 4.78 is 41.6. The Kier molecular flexibility index (Phi) is 7.64. The summed E-state index contributed by atoms with van der Waals surface area (Å²) in [6.45, 7) is 5.50. The van der Waals surface area contributed by atoms with Crippen LogP contribution in [0.25, 0.3) is 0 Å². The topological polar surface area (TPSA) is 58.5 Å². The zero-order chi connectivity index (χ0) is 17.3. The lowest BCUT2D eigenvalue weighted by Gasteiger charge is -2.16. The first-order valence-electron chi connectivity index (χ1n) is 7.54. The van der Waals surface area contributed by atoms with Gasteiger partial charge in [-0.05, 0) is 26.3 Å². The molecule has 0 aromatic carbocycles. The minimum Gasteiger partial charge on any atom is -0.468 e. The van der Waals surface area contributed by atoms with Gasteiger partial charge in [0.05, 0.1) is 6.54 Å². The highest BCUT2D eigenvalue weighted by molar-refractivity contribution is 5.80. The van der Waals surface area contributed by atoms with Crippen molar-refractivity contribution in [3.63, 3.8) is 0 Å². The molecule has 1 atom stereocenters. The molecule has 0 saturated carbocycles. The molecule has 8 heteroatoms. The van der Waals surface area contributed by atoms with Gasteiger partial charge in [-0.2, -0.15) is 13.2 Å². The van der Waals surface area contributed by atoms with E-state index in [4.69, 9.17) is 4.74 Å². The van der Waals surface area contributed by atoms with Crippen molar-refractivity contribution in [2.75, 3.05) is 13.2 Å². The Hall–Kier alpha value is -1.99. The van der Waals surface area contributed by atoms with Crippen LogP contribution >= 0.6 is 0 Å². The first-order valence-corrected chi connectivity index (χ1v) is 7.54. The maximum atomic E-state index is 12.3. The molecule has 0 amide bonds. The molecule has 0 aliphatic heterocycles. The lowest BCUT2D eigenvalue weighted by Crippen LogP contribution is -2.41. The van der Waals surface area contributed by atoms with Crippen LogP contribution < -0.4 is 15.4 Å². The van der Waals surface area contributed by atoms with Gasteiger partial charge in [-0.3, -0.25) is 0 Å². The second-order valence-electron chi connectivity index (χ2n) is 5.02. The van der Waals surface area contributed by atoms with E-state index in [1.165, 1.54) is 6.20 Å². The molecular weight excluding hydrogens is 309 g/mol. The molecule has 2 N–H and O–H groups in total. The van der Waals surface area contributed by atoms with Crippen LogP contribution in [0.5, 0.6) is 5.88 Å². The Morgan fingerprint density at radius 3 is 2.74 bits per heavy atom. The van der Waals surface area contributed by atoms with Crippen molar-refractivity contribution in [2.24, 2.45) is 4.99 Å². The van der Waals surface area contributed by atoms with Gasteiger partial charge in [-0.25, -0.2) is 9.98 Å². The Balaban J connectivity index is 2.79. The number of alkyl halides is 3. The monoisotopic (exact) mass is 332 g/mol. The second-order valence-corrected chi connectivity index (χ2v) is 5.02. The Labute approximate surface area is 134 Å². The van der Waals surface area contributed by atoms with Gasteiger partial charge in [-0.15, -0.1) is 0 Å². The van der Waals surface area contributed by atoms with Crippen molar-refractivity contribution in [3.05, 3.63) is 23.9 Å². The van der Waals surface area contributed by atoms with Gasteiger partial charge in [0, 0.05) is 24.3 Å². The van der Waals surface area contributed by atoms with E-state index in [9.17, 15) is 13.2 Å². The maximum Gasteiger partial charge on any atom is 0.422 e. The van der Waals surface area contributed by atoms with Crippen LogP contribution in [0, 0.1) is 0 Å². The molecule has 1 unspecified atom stereocenters.